The maximum Gasteiger partial charge on any atom is 0.275 e. The van der Waals surface area contributed by atoms with E-state index in [0.717, 1.165) is 8.78 Å². The van der Waals surface area contributed by atoms with Gasteiger partial charge in [0.2, 0.25) is 0 Å². The Bertz CT molecular complexity index is 840. The third-order valence-electron chi connectivity index (χ3n) is 3.52. The number of rotatable bonds is 3. The number of hydrogen-bond acceptors (Lipinski definition) is 3. The lowest BCUT2D eigenvalue weighted by Gasteiger charge is -2.37. The second-order valence-corrected chi connectivity index (χ2v) is 8.43. The minimum absolute atomic E-state index is 0.0273. The van der Waals surface area contributed by atoms with E-state index in [9.17, 15) is 17.2 Å². The third-order valence-corrected chi connectivity index (χ3v) is 5.84. The SMILES string of the molecule is CC(C)c1nc2cc(Br)ccn2c1S(=O)(=O)N1CC(F)(F)C1. The fourth-order valence-corrected chi connectivity index (χ4v) is 4.64. The Kier molecular flexibility index (Phi) is 3.57. The van der Waals surface area contributed by atoms with Crippen LogP contribution in [0.3, 0.4) is 0 Å². The molecule has 22 heavy (non-hydrogen) atoms. The molecular formula is C13H14BrF2N3O2S. The molecule has 0 aromatic carbocycles. The molecule has 0 bridgehead atoms. The van der Waals surface area contributed by atoms with Crippen LogP contribution in [0.4, 0.5) is 8.78 Å². The number of nitrogens with zero attached hydrogens (tertiary/aromatic N) is 3. The number of pyridine rings is 1. The number of hydrogen-bond donors (Lipinski definition) is 0. The summed E-state index contributed by atoms with van der Waals surface area (Å²) in [7, 11) is -4.01. The van der Waals surface area contributed by atoms with Crippen LogP contribution in [0.15, 0.2) is 27.8 Å². The monoisotopic (exact) mass is 393 g/mol. The zero-order chi connectivity index (χ0) is 16.3. The number of aromatic nitrogens is 2. The molecule has 0 radical (unpaired) electrons. The molecule has 120 valence electrons. The van der Waals surface area contributed by atoms with E-state index in [0.29, 0.717) is 11.3 Å². The topological polar surface area (TPSA) is 54.7 Å². The van der Waals surface area contributed by atoms with Crippen molar-refractivity contribution in [1.29, 1.82) is 0 Å². The van der Waals surface area contributed by atoms with Gasteiger partial charge in [0.05, 0.1) is 18.8 Å². The summed E-state index contributed by atoms with van der Waals surface area (Å²) in [6.45, 7) is 2.08. The molecule has 0 amide bonds. The molecular weight excluding hydrogens is 380 g/mol. The molecule has 2 aromatic rings. The van der Waals surface area contributed by atoms with Crippen LogP contribution in [0, 0.1) is 0 Å². The van der Waals surface area contributed by atoms with E-state index >= 15 is 0 Å². The van der Waals surface area contributed by atoms with Crippen molar-refractivity contribution < 1.29 is 17.2 Å². The number of halogens is 3. The zero-order valence-corrected chi connectivity index (χ0v) is 14.3. The molecule has 3 heterocycles. The van der Waals surface area contributed by atoms with Crippen LogP contribution in [0.25, 0.3) is 5.65 Å². The molecule has 0 aliphatic carbocycles. The molecule has 2 aromatic heterocycles. The van der Waals surface area contributed by atoms with Crippen LogP contribution in [0.2, 0.25) is 0 Å². The highest BCUT2D eigenvalue weighted by molar-refractivity contribution is 9.10. The van der Waals surface area contributed by atoms with Crippen molar-refractivity contribution in [3.8, 4) is 0 Å². The molecule has 0 spiro atoms. The van der Waals surface area contributed by atoms with Gasteiger partial charge in [-0.05, 0) is 18.1 Å². The first-order chi connectivity index (χ1) is 10.1. The summed E-state index contributed by atoms with van der Waals surface area (Å²) in [5.74, 6) is -3.10. The van der Waals surface area contributed by atoms with E-state index < -0.39 is 29.0 Å². The Morgan fingerprint density at radius 1 is 1.36 bits per heavy atom. The summed E-state index contributed by atoms with van der Waals surface area (Å²) < 4.78 is 54.5. The van der Waals surface area contributed by atoms with Crippen molar-refractivity contribution in [2.24, 2.45) is 0 Å². The summed E-state index contributed by atoms with van der Waals surface area (Å²) in [5.41, 5.74) is 0.845. The van der Waals surface area contributed by atoms with Gasteiger partial charge < -0.3 is 0 Å². The normalized spacial score (nSPS) is 18.8. The molecule has 5 nitrogen and oxygen atoms in total. The van der Waals surface area contributed by atoms with Crippen LogP contribution >= 0.6 is 15.9 Å². The first-order valence-corrected chi connectivity index (χ1v) is 8.90. The second-order valence-electron chi connectivity index (χ2n) is 5.66. The fraction of sp³-hybridized carbons (Fsp3) is 0.462. The fourth-order valence-electron chi connectivity index (χ4n) is 2.41. The minimum atomic E-state index is -4.01. The zero-order valence-electron chi connectivity index (χ0n) is 11.9. The largest absolute Gasteiger partial charge is 0.289 e. The quantitative estimate of drug-likeness (QED) is 0.805. The second kappa shape index (κ2) is 4.97. The van der Waals surface area contributed by atoms with Crippen LogP contribution in [-0.2, 0) is 10.0 Å². The number of fused-ring (bicyclic) bond motifs is 1. The molecule has 0 atom stereocenters. The van der Waals surface area contributed by atoms with Crippen LogP contribution < -0.4 is 0 Å². The summed E-state index contributed by atoms with van der Waals surface area (Å²) >= 11 is 3.31. The van der Waals surface area contributed by atoms with E-state index in [1.807, 2.05) is 13.8 Å². The number of imidazole rings is 1. The molecule has 1 aliphatic heterocycles. The van der Waals surface area contributed by atoms with E-state index in [1.54, 1.807) is 18.3 Å². The van der Waals surface area contributed by atoms with Gasteiger partial charge in [-0.25, -0.2) is 22.2 Å². The van der Waals surface area contributed by atoms with Gasteiger partial charge >= 0.3 is 0 Å². The molecule has 1 fully saturated rings. The molecule has 1 aliphatic rings. The highest BCUT2D eigenvalue weighted by Crippen LogP contribution is 2.35. The summed E-state index contributed by atoms with van der Waals surface area (Å²) in [6, 6.07) is 3.37. The van der Waals surface area contributed by atoms with Gasteiger partial charge in [0, 0.05) is 10.7 Å². The van der Waals surface area contributed by atoms with Gasteiger partial charge in [0.25, 0.3) is 15.9 Å². The Balaban J connectivity index is 2.19. The average molecular weight is 394 g/mol. The summed E-state index contributed by atoms with van der Waals surface area (Å²) in [4.78, 5) is 4.36. The van der Waals surface area contributed by atoms with Crippen molar-refractivity contribution in [3.05, 3.63) is 28.5 Å². The lowest BCUT2D eigenvalue weighted by molar-refractivity contribution is -0.0946. The predicted molar refractivity (Wildman–Crippen MR) is 80.7 cm³/mol. The Labute approximate surface area is 135 Å². The lowest BCUT2D eigenvalue weighted by Crippen LogP contribution is -2.58. The molecule has 9 heteroatoms. The van der Waals surface area contributed by atoms with Gasteiger partial charge in [-0.3, -0.25) is 4.40 Å². The summed E-state index contributed by atoms with van der Waals surface area (Å²) in [5, 5.41) is -0.0273. The highest BCUT2D eigenvalue weighted by atomic mass is 79.9. The van der Waals surface area contributed by atoms with Crippen molar-refractivity contribution in [2.45, 2.75) is 30.7 Å². The smallest absolute Gasteiger partial charge is 0.275 e. The number of alkyl halides is 2. The van der Waals surface area contributed by atoms with Crippen molar-refractivity contribution in [3.63, 3.8) is 0 Å². The van der Waals surface area contributed by atoms with E-state index in [1.165, 1.54) is 4.40 Å². The molecule has 0 unspecified atom stereocenters. The molecule has 0 N–H and O–H groups in total. The van der Waals surface area contributed by atoms with Gasteiger partial charge in [-0.1, -0.05) is 29.8 Å². The summed E-state index contributed by atoms with van der Waals surface area (Å²) in [6.07, 6.45) is 1.57. The third kappa shape index (κ3) is 2.44. The van der Waals surface area contributed by atoms with Gasteiger partial charge in [0.1, 0.15) is 5.65 Å². The van der Waals surface area contributed by atoms with Gasteiger partial charge in [-0.2, -0.15) is 4.31 Å². The minimum Gasteiger partial charge on any atom is -0.289 e. The Morgan fingerprint density at radius 3 is 2.55 bits per heavy atom. The predicted octanol–water partition coefficient (Wildman–Crippen LogP) is 2.86. The average Bonchev–Trinajstić information content (AvgIpc) is 2.75. The molecule has 1 saturated heterocycles. The van der Waals surface area contributed by atoms with Gasteiger partial charge in [-0.15, -0.1) is 0 Å². The molecule has 3 rings (SSSR count). The van der Waals surface area contributed by atoms with Crippen molar-refractivity contribution in [2.75, 3.05) is 13.1 Å². The highest BCUT2D eigenvalue weighted by Gasteiger charge is 2.51. The van der Waals surface area contributed by atoms with Crippen molar-refractivity contribution in [1.82, 2.24) is 13.7 Å². The molecule has 0 saturated carbocycles. The van der Waals surface area contributed by atoms with E-state index in [-0.39, 0.29) is 10.9 Å². The van der Waals surface area contributed by atoms with Crippen LogP contribution in [-0.4, -0.2) is 41.1 Å². The Hall–Kier alpha value is -1.06. The lowest BCUT2D eigenvalue weighted by atomic mass is 10.2. The maximum absolute atomic E-state index is 13.1. The van der Waals surface area contributed by atoms with Crippen LogP contribution in [0.1, 0.15) is 25.5 Å². The van der Waals surface area contributed by atoms with Gasteiger partial charge in [0.15, 0.2) is 5.03 Å². The standard InChI is InChI=1S/C13H14BrF2N3O2S/c1-8(2)11-12(19-4-3-9(14)5-10(19)17-11)22(20,21)18-6-13(15,16)7-18/h3-5,8H,6-7H2,1-2H3. The van der Waals surface area contributed by atoms with E-state index in [2.05, 4.69) is 20.9 Å². The Morgan fingerprint density at radius 2 is 2.00 bits per heavy atom. The van der Waals surface area contributed by atoms with Crippen molar-refractivity contribution >= 4 is 31.6 Å². The first-order valence-electron chi connectivity index (χ1n) is 6.67. The van der Waals surface area contributed by atoms with Crippen LogP contribution in [0.5, 0.6) is 0 Å². The first kappa shape index (κ1) is 15.8. The maximum atomic E-state index is 13.1. The number of sulfonamides is 1. The van der Waals surface area contributed by atoms with E-state index in [4.69, 9.17) is 0 Å².